The third-order valence-corrected chi connectivity index (χ3v) is 5.92. The molecule has 2 aromatic rings. The molecule has 0 amide bonds. The van der Waals surface area contributed by atoms with Crippen molar-refractivity contribution in [2.75, 3.05) is 7.11 Å². The Kier molecular flexibility index (Phi) is 6.22. The van der Waals surface area contributed by atoms with Crippen LogP contribution in [0.2, 0.25) is 0 Å². The van der Waals surface area contributed by atoms with Crippen LogP contribution in [0, 0.1) is 17.0 Å². The molecule has 27 heavy (non-hydrogen) atoms. The van der Waals surface area contributed by atoms with Crippen molar-refractivity contribution in [3.63, 3.8) is 0 Å². The molecule has 0 aromatic heterocycles. The molecule has 0 aliphatic heterocycles. The van der Waals surface area contributed by atoms with Crippen LogP contribution in [0.15, 0.2) is 41.3 Å². The number of nitro benzene ring substituents is 1. The lowest BCUT2D eigenvalue weighted by Gasteiger charge is -2.21. The van der Waals surface area contributed by atoms with Crippen molar-refractivity contribution in [1.29, 1.82) is 0 Å². The third kappa shape index (κ3) is 4.64. The van der Waals surface area contributed by atoms with Crippen molar-refractivity contribution in [1.82, 2.24) is 4.72 Å². The zero-order valence-corrected chi connectivity index (χ0v) is 16.8. The Morgan fingerprint density at radius 2 is 1.78 bits per heavy atom. The van der Waals surface area contributed by atoms with Crippen molar-refractivity contribution < 1.29 is 18.1 Å². The second-order valence-corrected chi connectivity index (χ2v) is 8.42. The second-order valence-electron chi connectivity index (χ2n) is 6.70. The summed E-state index contributed by atoms with van der Waals surface area (Å²) < 4.78 is 33.4. The number of benzene rings is 2. The Hall–Kier alpha value is -2.45. The monoisotopic (exact) mass is 392 g/mol. The lowest BCUT2D eigenvalue weighted by atomic mass is 9.94. The fraction of sp³-hybridized carbons (Fsp3) is 0.368. The lowest BCUT2D eigenvalue weighted by Crippen LogP contribution is -2.27. The highest BCUT2D eigenvalue weighted by Crippen LogP contribution is 2.32. The summed E-state index contributed by atoms with van der Waals surface area (Å²) >= 11 is 0. The number of rotatable bonds is 7. The zero-order chi connectivity index (χ0) is 20.4. The van der Waals surface area contributed by atoms with E-state index in [9.17, 15) is 18.5 Å². The van der Waals surface area contributed by atoms with Gasteiger partial charge in [-0.3, -0.25) is 10.1 Å². The Labute approximate surface area is 159 Å². The maximum atomic E-state index is 12.7. The number of ether oxygens (including phenoxy) is 1. The van der Waals surface area contributed by atoms with Crippen molar-refractivity contribution in [2.24, 2.45) is 0 Å². The first-order valence-corrected chi connectivity index (χ1v) is 10.0. The molecule has 0 bridgehead atoms. The molecule has 0 fully saturated rings. The van der Waals surface area contributed by atoms with Gasteiger partial charge in [0.1, 0.15) is 5.75 Å². The summed E-state index contributed by atoms with van der Waals surface area (Å²) in [6.07, 6.45) is 0. The molecule has 8 heteroatoms. The van der Waals surface area contributed by atoms with E-state index in [2.05, 4.69) is 4.72 Å². The normalized spacial score (nSPS) is 12.8. The van der Waals surface area contributed by atoms with Crippen LogP contribution < -0.4 is 9.46 Å². The second kappa shape index (κ2) is 8.06. The molecule has 0 aliphatic rings. The van der Waals surface area contributed by atoms with E-state index in [1.165, 1.54) is 18.2 Å². The van der Waals surface area contributed by atoms with E-state index in [-0.39, 0.29) is 16.5 Å². The number of nitro groups is 1. The van der Waals surface area contributed by atoms with Crippen LogP contribution in [-0.4, -0.2) is 20.5 Å². The van der Waals surface area contributed by atoms with Gasteiger partial charge in [0, 0.05) is 18.2 Å². The van der Waals surface area contributed by atoms with Crippen molar-refractivity contribution >= 4 is 15.7 Å². The van der Waals surface area contributed by atoms with Crippen LogP contribution >= 0.6 is 0 Å². The van der Waals surface area contributed by atoms with Crippen molar-refractivity contribution in [3.05, 3.63) is 63.2 Å². The van der Waals surface area contributed by atoms with Crippen LogP contribution in [-0.2, 0) is 10.0 Å². The Bertz CT molecular complexity index is 955. The van der Waals surface area contributed by atoms with Gasteiger partial charge in [0.25, 0.3) is 5.69 Å². The van der Waals surface area contributed by atoms with E-state index in [0.717, 1.165) is 28.5 Å². The first kappa shape index (κ1) is 20.9. The molecule has 146 valence electrons. The standard InChI is InChI=1S/C19H24N2O5S/c1-12(2)17-11-18(13(3)9-19(17)26-5)14(4)20-27(24,25)16-8-6-7-15(10-16)21(22)23/h6-12,14,20H,1-5H3. The average molecular weight is 392 g/mol. The minimum absolute atomic E-state index is 0.140. The first-order valence-electron chi connectivity index (χ1n) is 8.52. The van der Waals surface area contributed by atoms with Gasteiger partial charge in [-0.25, -0.2) is 13.1 Å². The summed E-state index contributed by atoms with van der Waals surface area (Å²) in [6, 6.07) is 8.32. The summed E-state index contributed by atoms with van der Waals surface area (Å²) in [5.41, 5.74) is 2.44. The molecule has 0 saturated carbocycles. The minimum atomic E-state index is -3.91. The topological polar surface area (TPSA) is 98.5 Å². The van der Waals surface area contributed by atoms with Crippen LogP contribution in [0.25, 0.3) is 0 Å². The summed E-state index contributed by atoms with van der Waals surface area (Å²) in [5, 5.41) is 10.9. The molecule has 7 nitrogen and oxygen atoms in total. The zero-order valence-electron chi connectivity index (χ0n) is 16.0. The van der Waals surface area contributed by atoms with Gasteiger partial charge in [0.2, 0.25) is 10.0 Å². The van der Waals surface area contributed by atoms with E-state index in [1.807, 2.05) is 32.9 Å². The van der Waals surface area contributed by atoms with Crippen LogP contribution in [0.1, 0.15) is 49.4 Å². The third-order valence-electron chi connectivity index (χ3n) is 4.38. The quantitative estimate of drug-likeness (QED) is 0.565. The molecule has 1 N–H and O–H groups in total. The number of nitrogens with one attached hydrogen (secondary N) is 1. The first-order chi connectivity index (χ1) is 12.6. The van der Waals surface area contributed by atoms with E-state index >= 15 is 0 Å². The number of hydrogen-bond acceptors (Lipinski definition) is 5. The number of nitrogens with zero attached hydrogens (tertiary/aromatic N) is 1. The molecule has 0 radical (unpaired) electrons. The summed E-state index contributed by atoms with van der Waals surface area (Å²) in [4.78, 5) is 10.1. The molecule has 2 aromatic carbocycles. The largest absolute Gasteiger partial charge is 0.496 e. The van der Waals surface area contributed by atoms with Crippen LogP contribution in [0.3, 0.4) is 0 Å². The van der Waals surface area contributed by atoms with Crippen molar-refractivity contribution in [3.8, 4) is 5.75 Å². The van der Waals surface area contributed by atoms with Gasteiger partial charge in [-0.15, -0.1) is 0 Å². The lowest BCUT2D eigenvalue weighted by molar-refractivity contribution is -0.385. The highest BCUT2D eigenvalue weighted by Gasteiger charge is 2.23. The number of hydrogen-bond donors (Lipinski definition) is 1. The molecule has 0 aliphatic carbocycles. The van der Waals surface area contributed by atoms with Gasteiger partial charge < -0.3 is 4.74 Å². The van der Waals surface area contributed by atoms with Gasteiger partial charge in [0.15, 0.2) is 0 Å². The van der Waals surface area contributed by atoms with E-state index in [4.69, 9.17) is 4.74 Å². The van der Waals surface area contributed by atoms with E-state index in [1.54, 1.807) is 14.0 Å². The Morgan fingerprint density at radius 1 is 1.11 bits per heavy atom. The summed E-state index contributed by atoms with van der Waals surface area (Å²) in [7, 11) is -2.31. The SMILES string of the molecule is COc1cc(C)c(C(C)NS(=O)(=O)c2cccc([N+](=O)[O-])c2)cc1C(C)C. The smallest absolute Gasteiger partial charge is 0.270 e. The van der Waals surface area contributed by atoms with Crippen molar-refractivity contribution in [2.45, 2.75) is 44.6 Å². The molecule has 0 heterocycles. The molecular weight excluding hydrogens is 368 g/mol. The van der Waals surface area contributed by atoms with Gasteiger partial charge in [-0.1, -0.05) is 19.9 Å². The molecule has 2 rings (SSSR count). The number of sulfonamides is 1. The Balaban J connectivity index is 2.39. The molecule has 0 spiro atoms. The van der Waals surface area contributed by atoms with Crippen LogP contribution in [0.4, 0.5) is 5.69 Å². The minimum Gasteiger partial charge on any atom is -0.496 e. The van der Waals surface area contributed by atoms with Gasteiger partial charge in [0.05, 0.1) is 16.9 Å². The molecular formula is C19H24N2O5S. The number of methoxy groups -OCH3 is 1. The highest BCUT2D eigenvalue weighted by atomic mass is 32.2. The molecule has 1 unspecified atom stereocenters. The average Bonchev–Trinajstić information content (AvgIpc) is 2.60. The van der Waals surface area contributed by atoms with Gasteiger partial charge in [-0.2, -0.15) is 0 Å². The number of non-ortho nitro benzene ring substituents is 1. The van der Waals surface area contributed by atoms with E-state index in [0.29, 0.717) is 0 Å². The summed E-state index contributed by atoms with van der Waals surface area (Å²) in [5.74, 6) is 0.972. The maximum absolute atomic E-state index is 12.7. The van der Waals surface area contributed by atoms with Gasteiger partial charge in [-0.05, 0) is 54.7 Å². The Morgan fingerprint density at radius 3 is 2.33 bits per heavy atom. The fourth-order valence-corrected chi connectivity index (χ4v) is 4.20. The molecule has 1 atom stereocenters. The van der Waals surface area contributed by atoms with E-state index < -0.39 is 21.0 Å². The highest BCUT2D eigenvalue weighted by molar-refractivity contribution is 7.89. The van der Waals surface area contributed by atoms with Crippen LogP contribution in [0.5, 0.6) is 5.75 Å². The fourth-order valence-electron chi connectivity index (χ4n) is 2.94. The predicted molar refractivity (Wildman–Crippen MR) is 104 cm³/mol. The van der Waals surface area contributed by atoms with Gasteiger partial charge >= 0.3 is 0 Å². The maximum Gasteiger partial charge on any atom is 0.270 e. The summed E-state index contributed by atoms with van der Waals surface area (Å²) in [6.45, 7) is 7.71. The molecule has 0 saturated heterocycles. The number of aryl methyl sites for hydroxylation is 1. The predicted octanol–water partition coefficient (Wildman–Crippen LogP) is 4.07.